The third kappa shape index (κ3) is 3.74. The van der Waals surface area contributed by atoms with Crippen LogP contribution in [0.15, 0.2) is 28.7 Å². The normalized spacial score (nSPS) is 15.7. The van der Waals surface area contributed by atoms with Crippen LogP contribution in [0, 0.1) is 6.92 Å². The van der Waals surface area contributed by atoms with E-state index in [-0.39, 0.29) is 12.6 Å². The minimum absolute atomic E-state index is 0.0105. The molecule has 0 aliphatic carbocycles. The number of aryl methyl sites for hydroxylation is 1. The Morgan fingerprint density at radius 2 is 2.35 bits per heavy atom. The molecule has 1 aliphatic rings. The molecular weight excluding hydrogens is 328 g/mol. The lowest BCUT2D eigenvalue weighted by atomic mass is 10.1. The SMILES string of the molecule is Cc1c(C[C@@H](N)CO)sc2c(NCC3=CCC=CS3)cnnc12. The zero-order valence-electron chi connectivity index (χ0n) is 13.0. The third-order valence-electron chi connectivity index (χ3n) is 3.74. The first-order valence-corrected chi connectivity index (χ1v) is 9.23. The lowest BCUT2D eigenvalue weighted by molar-refractivity contribution is 0.265. The van der Waals surface area contributed by atoms with Crippen molar-refractivity contribution in [1.29, 1.82) is 0 Å². The molecule has 3 heterocycles. The van der Waals surface area contributed by atoms with Gasteiger partial charge in [-0.3, -0.25) is 0 Å². The molecular formula is C16H20N4OS2. The molecule has 0 fully saturated rings. The van der Waals surface area contributed by atoms with Crippen LogP contribution in [-0.4, -0.2) is 34.5 Å². The Bertz CT molecular complexity index is 754. The van der Waals surface area contributed by atoms with Crippen LogP contribution < -0.4 is 11.1 Å². The van der Waals surface area contributed by atoms with E-state index in [1.807, 2.05) is 6.92 Å². The van der Waals surface area contributed by atoms with E-state index in [2.05, 4.69) is 33.1 Å². The number of fused-ring (bicyclic) bond motifs is 1. The molecule has 23 heavy (non-hydrogen) atoms. The van der Waals surface area contributed by atoms with Gasteiger partial charge in [0.1, 0.15) is 5.52 Å². The van der Waals surface area contributed by atoms with E-state index in [4.69, 9.17) is 5.73 Å². The van der Waals surface area contributed by atoms with Crippen LogP contribution in [0.3, 0.4) is 0 Å². The first-order valence-electron chi connectivity index (χ1n) is 7.53. The Hall–Kier alpha value is -1.41. The van der Waals surface area contributed by atoms with Gasteiger partial charge < -0.3 is 16.2 Å². The maximum Gasteiger partial charge on any atom is 0.109 e. The van der Waals surface area contributed by atoms with Gasteiger partial charge in [0.25, 0.3) is 0 Å². The second-order valence-corrected chi connectivity index (χ2v) is 7.62. The second kappa shape index (κ2) is 7.44. The van der Waals surface area contributed by atoms with Crippen molar-refractivity contribution >= 4 is 39.0 Å². The minimum Gasteiger partial charge on any atom is -0.395 e. The van der Waals surface area contributed by atoms with Crippen molar-refractivity contribution < 1.29 is 5.11 Å². The molecule has 2 aromatic heterocycles. The number of nitrogens with one attached hydrogen (secondary N) is 1. The molecule has 0 radical (unpaired) electrons. The molecule has 0 saturated carbocycles. The molecule has 0 aromatic carbocycles. The number of nitrogens with zero attached hydrogens (tertiary/aromatic N) is 2. The number of aromatic nitrogens is 2. The summed E-state index contributed by atoms with van der Waals surface area (Å²) in [6.07, 6.45) is 7.82. The van der Waals surface area contributed by atoms with Crippen LogP contribution in [0.2, 0.25) is 0 Å². The van der Waals surface area contributed by atoms with Gasteiger partial charge in [-0.05, 0) is 30.7 Å². The summed E-state index contributed by atoms with van der Waals surface area (Å²) in [5.41, 5.74) is 8.91. The lowest BCUT2D eigenvalue weighted by Crippen LogP contribution is -2.26. The predicted molar refractivity (Wildman–Crippen MR) is 98.8 cm³/mol. The molecule has 0 bridgehead atoms. The van der Waals surface area contributed by atoms with Gasteiger partial charge in [0, 0.05) is 22.4 Å². The van der Waals surface area contributed by atoms with Crippen molar-refractivity contribution in [3.05, 3.63) is 39.1 Å². The van der Waals surface area contributed by atoms with Gasteiger partial charge in [0.05, 0.1) is 23.2 Å². The van der Waals surface area contributed by atoms with Crippen LogP contribution in [0.5, 0.6) is 0 Å². The van der Waals surface area contributed by atoms with E-state index >= 15 is 0 Å². The average molecular weight is 348 g/mol. The van der Waals surface area contributed by atoms with Gasteiger partial charge in [-0.1, -0.05) is 12.2 Å². The Balaban J connectivity index is 1.83. The highest BCUT2D eigenvalue weighted by Crippen LogP contribution is 2.35. The molecule has 0 spiro atoms. The second-order valence-electron chi connectivity index (χ2n) is 5.48. The molecule has 122 valence electrons. The number of allylic oxidation sites excluding steroid dienone is 2. The maximum atomic E-state index is 9.17. The van der Waals surface area contributed by atoms with Crippen LogP contribution in [0.1, 0.15) is 16.9 Å². The zero-order chi connectivity index (χ0) is 16.2. The van der Waals surface area contributed by atoms with Crippen molar-refractivity contribution in [2.24, 2.45) is 5.73 Å². The zero-order valence-corrected chi connectivity index (χ0v) is 14.6. The van der Waals surface area contributed by atoms with E-state index in [1.165, 1.54) is 9.78 Å². The summed E-state index contributed by atoms with van der Waals surface area (Å²) >= 11 is 3.43. The lowest BCUT2D eigenvalue weighted by Gasteiger charge is -2.10. The fourth-order valence-electron chi connectivity index (χ4n) is 2.41. The minimum atomic E-state index is -0.235. The molecule has 7 heteroatoms. The monoisotopic (exact) mass is 348 g/mol. The standard InChI is InChI=1S/C16H20N4OS2/c1-10-14(6-11(17)9-21)23-16-13(8-19-20-15(10)16)18-7-12-4-2-3-5-22-12/h3-5,8,11,21H,2,6-7,9,17H2,1H3,(H,18,20)/t11-/m1/s1. The maximum absolute atomic E-state index is 9.17. The molecule has 2 aromatic rings. The number of rotatable bonds is 6. The molecule has 0 saturated heterocycles. The number of aliphatic hydroxyl groups is 1. The Morgan fingerprint density at radius 3 is 3.09 bits per heavy atom. The summed E-state index contributed by atoms with van der Waals surface area (Å²) < 4.78 is 1.11. The van der Waals surface area contributed by atoms with E-state index < -0.39 is 0 Å². The number of thioether (sulfide) groups is 1. The highest BCUT2D eigenvalue weighted by molar-refractivity contribution is 8.05. The summed E-state index contributed by atoms with van der Waals surface area (Å²) in [6.45, 7) is 2.82. The average Bonchev–Trinajstić information content (AvgIpc) is 2.90. The van der Waals surface area contributed by atoms with Crippen LogP contribution in [-0.2, 0) is 6.42 Å². The number of hydrogen-bond acceptors (Lipinski definition) is 7. The molecule has 4 N–H and O–H groups in total. The molecule has 0 unspecified atom stereocenters. The Morgan fingerprint density at radius 1 is 1.48 bits per heavy atom. The summed E-state index contributed by atoms with van der Waals surface area (Å²) in [4.78, 5) is 2.48. The van der Waals surface area contributed by atoms with Crippen LogP contribution in [0.4, 0.5) is 5.69 Å². The highest BCUT2D eigenvalue weighted by Gasteiger charge is 2.15. The van der Waals surface area contributed by atoms with Crippen LogP contribution in [0.25, 0.3) is 10.2 Å². The number of thiophene rings is 1. The summed E-state index contributed by atoms with van der Waals surface area (Å²) in [5, 5.41) is 23.2. The van der Waals surface area contributed by atoms with Crippen molar-refractivity contribution in [2.75, 3.05) is 18.5 Å². The number of nitrogens with two attached hydrogens (primary N) is 1. The third-order valence-corrected chi connectivity index (χ3v) is 6.01. The molecule has 0 amide bonds. The van der Waals surface area contributed by atoms with E-state index in [0.717, 1.165) is 34.4 Å². The predicted octanol–water partition coefficient (Wildman–Crippen LogP) is 2.81. The van der Waals surface area contributed by atoms with Gasteiger partial charge in [-0.25, -0.2) is 0 Å². The summed E-state index contributed by atoms with van der Waals surface area (Å²) in [7, 11) is 0. The Labute approximate surface area is 143 Å². The van der Waals surface area contributed by atoms with E-state index in [1.54, 1.807) is 29.3 Å². The fourth-order valence-corrected chi connectivity index (χ4v) is 4.46. The van der Waals surface area contributed by atoms with Crippen molar-refractivity contribution in [2.45, 2.75) is 25.8 Å². The summed E-state index contributed by atoms with van der Waals surface area (Å²) in [6, 6.07) is -0.235. The highest BCUT2D eigenvalue weighted by atomic mass is 32.2. The quantitative estimate of drug-likeness (QED) is 0.744. The molecule has 1 atom stereocenters. The first-order chi connectivity index (χ1) is 11.2. The number of aliphatic hydroxyl groups excluding tert-OH is 1. The van der Waals surface area contributed by atoms with Crippen molar-refractivity contribution in [3.63, 3.8) is 0 Å². The number of hydrogen-bond donors (Lipinski definition) is 3. The molecule has 5 nitrogen and oxygen atoms in total. The van der Waals surface area contributed by atoms with Crippen molar-refractivity contribution in [3.8, 4) is 0 Å². The Kier molecular flexibility index (Phi) is 5.32. The topological polar surface area (TPSA) is 84.1 Å². The van der Waals surface area contributed by atoms with Gasteiger partial charge in [-0.2, -0.15) is 5.10 Å². The smallest absolute Gasteiger partial charge is 0.109 e. The van der Waals surface area contributed by atoms with Gasteiger partial charge in [0.15, 0.2) is 0 Å². The van der Waals surface area contributed by atoms with Gasteiger partial charge in [0.2, 0.25) is 0 Å². The van der Waals surface area contributed by atoms with Crippen molar-refractivity contribution in [1.82, 2.24) is 10.2 Å². The van der Waals surface area contributed by atoms with Crippen LogP contribution >= 0.6 is 23.1 Å². The summed E-state index contributed by atoms with van der Waals surface area (Å²) in [5.74, 6) is 0. The first kappa shape index (κ1) is 16.4. The largest absolute Gasteiger partial charge is 0.395 e. The number of anilines is 1. The van der Waals surface area contributed by atoms with E-state index in [9.17, 15) is 5.11 Å². The molecule has 1 aliphatic heterocycles. The van der Waals surface area contributed by atoms with Gasteiger partial charge >= 0.3 is 0 Å². The van der Waals surface area contributed by atoms with E-state index in [0.29, 0.717) is 6.42 Å². The van der Waals surface area contributed by atoms with Gasteiger partial charge in [-0.15, -0.1) is 28.2 Å². The fraction of sp³-hybridized carbons (Fsp3) is 0.375. The molecule has 3 rings (SSSR count).